The smallest absolute Gasteiger partial charge is 0.229 e. The lowest BCUT2D eigenvalue weighted by atomic mass is 9.96. The van der Waals surface area contributed by atoms with Crippen molar-refractivity contribution in [1.82, 2.24) is 9.88 Å². The highest BCUT2D eigenvalue weighted by Crippen LogP contribution is 2.33. The van der Waals surface area contributed by atoms with Crippen molar-refractivity contribution in [2.75, 3.05) is 18.4 Å². The molecule has 3 aromatic rings. The molecule has 0 unspecified atom stereocenters. The first-order valence-corrected chi connectivity index (χ1v) is 10.5. The van der Waals surface area contributed by atoms with Gasteiger partial charge in [-0.05, 0) is 49.9 Å². The summed E-state index contributed by atoms with van der Waals surface area (Å²) in [6, 6.07) is 18.2. The number of para-hydroxylation sites is 1. The number of nitrogens with one attached hydrogen (secondary N) is 2. The molecule has 29 heavy (non-hydrogen) atoms. The zero-order chi connectivity index (χ0) is 19.8. The average Bonchev–Trinajstić information content (AvgIpc) is 3.51. The molecule has 0 radical (unpaired) electrons. The van der Waals surface area contributed by atoms with Crippen LogP contribution in [0.4, 0.5) is 5.69 Å². The highest BCUT2D eigenvalue weighted by molar-refractivity contribution is 5.94. The molecule has 0 bridgehead atoms. The Morgan fingerprint density at radius 2 is 1.83 bits per heavy atom. The lowest BCUT2D eigenvalue weighted by Crippen LogP contribution is -2.44. The molecule has 1 aromatic heterocycles. The van der Waals surface area contributed by atoms with Crippen molar-refractivity contribution in [3.8, 4) is 11.3 Å². The molecule has 5 rings (SSSR count). The zero-order valence-electron chi connectivity index (χ0n) is 16.4. The number of aromatic nitrogens is 1. The molecule has 2 aliphatic rings. The van der Waals surface area contributed by atoms with Crippen molar-refractivity contribution < 1.29 is 9.59 Å². The molecule has 2 aromatic carbocycles. The first kappa shape index (κ1) is 18.0. The van der Waals surface area contributed by atoms with Gasteiger partial charge in [0.05, 0.1) is 5.92 Å². The van der Waals surface area contributed by atoms with Gasteiger partial charge in [0, 0.05) is 46.9 Å². The van der Waals surface area contributed by atoms with Crippen molar-refractivity contribution >= 4 is 28.4 Å². The Balaban J connectivity index is 1.29. The first-order chi connectivity index (χ1) is 14.2. The maximum Gasteiger partial charge on any atom is 0.229 e. The quantitative estimate of drug-likeness (QED) is 0.696. The maximum atomic E-state index is 12.9. The van der Waals surface area contributed by atoms with E-state index in [0.717, 1.165) is 54.7 Å². The van der Waals surface area contributed by atoms with Crippen LogP contribution in [-0.2, 0) is 9.59 Å². The Labute approximate surface area is 170 Å². The van der Waals surface area contributed by atoms with Crippen LogP contribution in [0.3, 0.4) is 0 Å². The summed E-state index contributed by atoms with van der Waals surface area (Å²) in [7, 11) is 0. The molecule has 1 saturated heterocycles. The van der Waals surface area contributed by atoms with Gasteiger partial charge in [-0.2, -0.15) is 0 Å². The van der Waals surface area contributed by atoms with E-state index in [9.17, 15) is 9.59 Å². The second kappa shape index (κ2) is 7.39. The van der Waals surface area contributed by atoms with E-state index < -0.39 is 0 Å². The van der Waals surface area contributed by atoms with Gasteiger partial charge in [0.25, 0.3) is 0 Å². The number of hydrogen-bond donors (Lipinski definition) is 2. The number of rotatable bonds is 4. The zero-order valence-corrected chi connectivity index (χ0v) is 16.4. The third-order valence-electron chi connectivity index (χ3n) is 6.00. The van der Waals surface area contributed by atoms with Crippen molar-refractivity contribution in [1.29, 1.82) is 0 Å². The molecule has 5 nitrogen and oxygen atoms in total. The van der Waals surface area contributed by atoms with Crippen molar-refractivity contribution in [2.45, 2.75) is 25.7 Å². The fraction of sp³-hybridized carbons (Fsp3) is 0.333. The fourth-order valence-corrected chi connectivity index (χ4v) is 4.22. The Morgan fingerprint density at radius 1 is 0.966 bits per heavy atom. The van der Waals surface area contributed by atoms with E-state index in [1.165, 1.54) is 5.39 Å². The molecule has 148 valence electrons. The van der Waals surface area contributed by atoms with E-state index in [4.69, 9.17) is 0 Å². The van der Waals surface area contributed by atoms with Crippen molar-refractivity contribution in [3.63, 3.8) is 0 Å². The monoisotopic (exact) mass is 387 g/mol. The Hall–Kier alpha value is -3.08. The molecular weight excluding hydrogens is 362 g/mol. The van der Waals surface area contributed by atoms with Gasteiger partial charge in [-0.3, -0.25) is 9.59 Å². The molecule has 2 fully saturated rings. The largest absolute Gasteiger partial charge is 0.355 e. The third-order valence-corrected chi connectivity index (χ3v) is 6.00. The van der Waals surface area contributed by atoms with Crippen LogP contribution in [0, 0.1) is 11.8 Å². The summed E-state index contributed by atoms with van der Waals surface area (Å²) >= 11 is 0. The number of amides is 2. The van der Waals surface area contributed by atoms with Crippen LogP contribution in [0.1, 0.15) is 25.7 Å². The summed E-state index contributed by atoms with van der Waals surface area (Å²) < 4.78 is 0. The SMILES string of the molecule is O=C(Nc1cccc(-c2cc3ccccc3[nH]2)c1)[C@@H]1CCCN(C(=O)C2CC2)C1. The Morgan fingerprint density at radius 3 is 2.66 bits per heavy atom. The van der Waals surface area contributed by atoms with E-state index in [-0.39, 0.29) is 23.7 Å². The lowest BCUT2D eigenvalue weighted by molar-refractivity contribution is -0.135. The molecular formula is C24H25N3O2. The van der Waals surface area contributed by atoms with Crippen LogP contribution in [0.5, 0.6) is 0 Å². The van der Waals surface area contributed by atoms with Gasteiger partial charge in [0.2, 0.25) is 11.8 Å². The number of nitrogens with zero attached hydrogens (tertiary/aromatic N) is 1. The summed E-state index contributed by atoms with van der Waals surface area (Å²) in [6.07, 6.45) is 3.74. The van der Waals surface area contributed by atoms with Gasteiger partial charge >= 0.3 is 0 Å². The van der Waals surface area contributed by atoms with Crippen LogP contribution in [0.15, 0.2) is 54.6 Å². The normalized spacial score (nSPS) is 19.3. The van der Waals surface area contributed by atoms with E-state index in [0.29, 0.717) is 6.54 Å². The number of benzene rings is 2. The second-order valence-electron chi connectivity index (χ2n) is 8.24. The van der Waals surface area contributed by atoms with Crippen LogP contribution in [0.2, 0.25) is 0 Å². The molecule has 1 atom stereocenters. The molecule has 1 saturated carbocycles. The van der Waals surface area contributed by atoms with Crippen LogP contribution in [-0.4, -0.2) is 34.8 Å². The van der Waals surface area contributed by atoms with E-state index in [1.807, 2.05) is 41.3 Å². The number of likely N-dealkylation sites (tertiary alicyclic amines) is 1. The third kappa shape index (κ3) is 3.77. The summed E-state index contributed by atoms with van der Waals surface area (Å²) in [5.74, 6) is 0.323. The number of anilines is 1. The van der Waals surface area contributed by atoms with Gasteiger partial charge in [-0.15, -0.1) is 0 Å². The predicted octanol–water partition coefficient (Wildman–Crippen LogP) is 4.42. The minimum absolute atomic E-state index is 0.00657. The standard InChI is InChI=1S/C24H25N3O2/c28-23(19-7-4-12-27(15-19)24(29)16-10-11-16)25-20-8-3-6-17(13-20)22-14-18-5-1-2-9-21(18)26-22/h1-3,5-6,8-9,13-14,16,19,26H,4,7,10-12,15H2,(H,25,28)/t19-/m1/s1. The molecule has 1 aliphatic carbocycles. The lowest BCUT2D eigenvalue weighted by Gasteiger charge is -2.32. The molecule has 0 spiro atoms. The van der Waals surface area contributed by atoms with Crippen LogP contribution < -0.4 is 5.32 Å². The summed E-state index contributed by atoms with van der Waals surface area (Å²) in [5.41, 5.74) is 3.95. The van der Waals surface area contributed by atoms with Crippen molar-refractivity contribution in [3.05, 3.63) is 54.6 Å². The number of carbonyl (C=O) groups is 2. The van der Waals surface area contributed by atoms with E-state index >= 15 is 0 Å². The molecule has 2 heterocycles. The highest BCUT2D eigenvalue weighted by atomic mass is 16.2. The minimum Gasteiger partial charge on any atom is -0.355 e. The van der Waals surface area contributed by atoms with Crippen LogP contribution in [0.25, 0.3) is 22.2 Å². The van der Waals surface area contributed by atoms with Gasteiger partial charge in [-0.1, -0.05) is 30.3 Å². The molecule has 2 amide bonds. The maximum absolute atomic E-state index is 12.9. The average molecular weight is 387 g/mol. The second-order valence-corrected chi connectivity index (χ2v) is 8.24. The molecule has 1 aliphatic heterocycles. The van der Waals surface area contributed by atoms with Gasteiger partial charge in [0.15, 0.2) is 0 Å². The Bertz CT molecular complexity index is 1030. The summed E-state index contributed by atoms with van der Waals surface area (Å²) in [6.45, 7) is 1.33. The van der Waals surface area contributed by atoms with Crippen LogP contribution >= 0.6 is 0 Å². The number of H-pyrrole nitrogens is 1. The highest BCUT2D eigenvalue weighted by Gasteiger charge is 2.36. The topological polar surface area (TPSA) is 65.2 Å². The first-order valence-electron chi connectivity index (χ1n) is 10.5. The number of carbonyl (C=O) groups excluding carboxylic acids is 2. The number of aromatic amines is 1. The number of piperidine rings is 1. The molecule has 5 heteroatoms. The Kier molecular flexibility index (Phi) is 4.58. The summed E-state index contributed by atoms with van der Waals surface area (Å²) in [5, 5.41) is 4.24. The van der Waals surface area contributed by atoms with Gasteiger partial charge < -0.3 is 15.2 Å². The van der Waals surface area contributed by atoms with Gasteiger partial charge in [-0.25, -0.2) is 0 Å². The number of fused-ring (bicyclic) bond motifs is 1. The van der Waals surface area contributed by atoms with Gasteiger partial charge in [0.1, 0.15) is 0 Å². The fourth-order valence-electron chi connectivity index (χ4n) is 4.22. The summed E-state index contributed by atoms with van der Waals surface area (Å²) in [4.78, 5) is 30.5. The predicted molar refractivity (Wildman–Crippen MR) is 114 cm³/mol. The number of hydrogen-bond acceptors (Lipinski definition) is 2. The van der Waals surface area contributed by atoms with E-state index in [1.54, 1.807) is 0 Å². The van der Waals surface area contributed by atoms with Crippen molar-refractivity contribution in [2.24, 2.45) is 11.8 Å². The van der Waals surface area contributed by atoms with E-state index in [2.05, 4.69) is 28.5 Å². The molecule has 2 N–H and O–H groups in total. The minimum atomic E-state index is -0.136.